The van der Waals surface area contributed by atoms with Gasteiger partial charge in [-0.3, -0.25) is 9.69 Å². The summed E-state index contributed by atoms with van der Waals surface area (Å²) in [6.07, 6.45) is 4.25. The molecule has 1 aliphatic heterocycles. The maximum atomic E-state index is 12.9. The second-order valence-corrected chi connectivity index (χ2v) is 7.88. The Morgan fingerprint density at radius 2 is 2.10 bits per heavy atom. The molecule has 1 aliphatic rings. The Balaban J connectivity index is 1.31. The van der Waals surface area contributed by atoms with Crippen molar-refractivity contribution in [2.75, 3.05) is 13.1 Å². The number of hydrogen-bond donors (Lipinski definition) is 2. The maximum Gasteiger partial charge on any atom is 0.245 e. The molecule has 0 bridgehead atoms. The Morgan fingerprint density at radius 1 is 1.31 bits per heavy atom. The summed E-state index contributed by atoms with van der Waals surface area (Å²) in [6.45, 7) is 6.80. The summed E-state index contributed by atoms with van der Waals surface area (Å²) >= 11 is 0. The van der Waals surface area contributed by atoms with E-state index >= 15 is 0 Å². The van der Waals surface area contributed by atoms with Gasteiger partial charge in [0.05, 0.1) is 17.6 Å². The average Bonchev–Trinajstić information content (AvgIpc) is 3.39. The summed E-state index contributed by atoms with van der Waals surface area (Å²) in [5, 5.41) is 14.6. The Bertz CT molecular complexity index is 896. The lowest BCUT2D eigenvalue weighted by Crippen LogP contribution is -2.47. The average molecular weight is 396 g/mol. The molecule has 1 saturated heterocycles. The molecule has 1 amide bonds. The van der Waals surface area contributed by atoms with Crippen molar-refractivity contribution in [3.63, 3.8) is 0 Å². The molecule has 0 saturated carbocycles. The molecule has 1 fully saturated rings. The summed E-state index contributed by atoms with van der Waals surface area (Å²) in [6, 6.07) is 7.89. The van der Waals surface area contributed by atoms with Gasteiger partial charge in [-0.15, -0.1) is 5.10 Å². The number of carbonyl (C=O) groups is 1. The van der Waals surface area contributed by atoms with E-state index in [0.29, 0.717) is 0 Å². The van der Waals surface area contributed by atoms with E-state index < -0.39 is 0 Å². The van der Waals surface area contributed by atoms with Crippen LogP contribution in [0, 0.1) is 5.92 Å². The topological polar surface area (TPSA) is 105 Å². The van der Waals surface area contributed by atoms with Crippen molar-refractivity contribution < 1.29 is 4.79 Å². The first kappa shape index (κ1) is 19.5. The molecular weight excluding hydrogens is 368 g/mol. The van der Waals surface area contributed by atoms with Crippen molar-refractivity contribution in [3.05, 3.63) is 36.4 Å². The standard InChI is InChI=1S/C20H28N8O/c1-3-14(2)19(28-13-21-25-26-28)20(29)22-15-8-10-27(11-9-15)12-18-23-16-6-4-5-7-17(16)24-18/h4-7,13-15,19H,3,8-12H2,1-2H3,(H,22,29)(H,23,24). The van der Waals surface area contributed by atoms with Crippen LogP contribution in [0.5, 0.6) is 0 Å². The largest absolute Gasteiger partial charge is 0.351 e. The molecular formula is C20H28N8O. The first-order valence-corrected chi connectivity index (χ1v) is 10.3. The third-order valence-electron chi connectivity index (χ3n) is 5.85. The lowest BCUT2D eigenvalue weighted by molar-refractivity contribution is -0.127. The highest BCUT2D eigenvalue weighted by atomic mass is 16.2. The molecule has 9 heteroatoms. The van der Waals surface area contributed by atoms with Gasteiger partial charge in [-0.25, -0.2) is 9.67 Å². The van der Waals surface area contributed by atoms with Gasteiger partial charge in [0.2, 0.25) is 5.91 Å². The van der Waals surface area contributed by atoms with E-state index in [9.17, 15) is 4.79 Å². The number of nitrogens with one attached hydrogen (secondary N) is 2. The van der Waals surface area contributed by atoms with Crippen molar-refractivity contribution in [1.82, 2.24) is 40.4 Å². The number of amides is 1. The first-order valence-electron chi connectivity index (χ1n) is 10.3. The van der Waals surface area contributed by atoms with Crippen molar-refractivity contribution in [1.29, 1.82) is 0 Å². The molecule has 1 aromatic carbocycles. The normalized spacial score (nSPS) is 18.0. The number of H-pyrrole nitrogens is 1. The second-order valence-electron chi connectivity index (χ2n) is 7.88. The van der Waals surface area contributed by atoms with E-state index in [1.54, 1.807) is 4.68 Å². The van der Waals surface area contributed by atoms with Gasteiger partial charge in [0.1, 0.15) is 18.2 Å². The lowest BCUT2D eigenvalue weighted by atomic mass is 9.97. The summed E-state index contributed by atoms with van der Waals surface area (Å²) < 4.78 is 1.57. The van der Waals surface area contributed by atoms with Crippen LogP contribution in [0.2, 0.25) is 0 Å². The highest BCUT2D eigenvalue weighted by molar-refractivity contribution is 5.80. The van der Waals surface area contributed by atoms with Crippen molar-refractivity contribution in [2.45, 2.75) is 51.7 Å². The van der Waals surface area contributed by atoms with Gasteiger partial charge in [0.25, 0.3) is 0 Å². The van der Waals surface area contributed by atoms with Crippen LogP contribution in [0.25, 0.3) is 11.0 Å². The number of imidazole rings is 1. The number of nitrogens with zero attached hydrogens (tertiary/aromatic N) is 6. The molecule has 2 atom stereocenters. The van der Waals surface area contributed by atoms with Crippen LogP contribution < -0.4 is 5.32 Å². The number of aromatic amines is 1. The molecule has 0 aliphatic carbocycles. The number of piperidine rings is 1. The van der Waals surface area contributed by atoms with Crippen molar-refractivity contribution in [3.8, 4) is 0 Å². The van der Waals surface area contributed by atoms with Crippen molar-refractivity contribution in [2.24, 2.45) is 5.92 Å². The Morgan fingerprint density at radius 3 is 2.79 bits per heavy atom. The van der Waals surface area contributed by atoms with Gasteiger partial charge in [0, 0.05) is 19.1 Å². The van der Waals surface area contributed by atoms with Crippen LogP contribution >= 0.6 is 0 Å². The summed E-state index contributed by atoms with van der Waals surface area (Å²) in [7, 11) is 0. The fraction of sp³-hybridized carbons (Fsp3) is 0.550. The van der Waals surface area contributed by atoms with Gasteiger partial charge in [-0.1, -0.05) is 32.4 Å². The van der Waals surface area contributed by atoms with Gasteiger partial charge >= 0.3 is 0 Å². The number of carbonyl (C=O) groups excluding carboxylic acids is 1. The minimum absolute atomic E-state index is 0.00221. The maximum absolute atomic E-state index is 12.9. The lowest BCUT2D eigenvalue weighted by Gasteiger charge is -2.33. The molecule has 154 valence electrons. The van der Waals surface area contributed by atoms with E-state index in [1.165, 1.54) is 6.33 Å². The molecule has 3 aromatic rings. The Labute approximate surface area is 169 Å². The fourth-order valence-corrected chi connectivity index (χ4v) is 3.97. The number of aromatic nitrogens is 6. The zero-order valence-electron chi connectivity index (χ0n) is 17.0. The quantitative estimate of drug-likeness (QED) is 0.632. The molecule has 3 heterocycles. The minimum atomic E-state index is -0.372. The highest BCUT2D eigenvalue weighted by Crippen LogP contribution is 2.21. The molecule has 2 aromatic heterocycles. The Hall–Kier alpha value is -2.81. The van der Waals surface area contributed by atoms with Crippen LogP contribution in [0.3, 0.4) is 0 Å². The van der Waals surface area contributed by atoms with Gasteiger partial charge < -0.3 is 10.3 Å². The number of benzene rings is 1. The summed E-state index contributed by atoms with van der Waals surface area (Å²) in [5.41, 5.74) is 2.08. The van der Waals surface area contributed by atoms with Gasteiger partial charge in [-0.2, -0.15) is 0 Å². The van der Waals surface area contributed by atoms with Crippen LogP contribution in [-0.4, -0.2) is 60.1 Å². The molecule has 29 heavy (non-hydrogen) atoms. The van der Waals surface area contributed by atoms with E-state index in [2.05, 4.69) is 49.6 Å². The smallest absolute Gasteiger partial charge is 0.245 e. The zero-order valence-corrected chi connectivity index (χ0v) is 17.0. The molecule has 0 spiro atoms. The predicted octanol–water partition coefficient (Wildman–Crippen LogP) is 1.92. The predicted molar refractivity (Wildman–Crippen MR) is 109 cm³/mol. The van der Waals surface area contributed by atoms with Gasteiger partial charge in [-0.05, 0) is 41.3 Å². The van der Waals surface area contributed by atoms with Crippen molar-refractivity contribution >= 4 is 16.9 Å². The third-order valence-corrected chi connectivity index (χ3v) is 5.85. The van der Waals surface area contributed by atoms with E-state index in [0.717, 1.165) is 55.8 Å². The van der Waals surface area contributed by atoms with E-state index in [4.69, 9.17) is 0 Å². The minimum Gasteiger partial charge on any atom is -0.351 e. The summed E-state index contributed by atoms with van der Waals surface area (Å²) in [5.74, 6) is 1.15. The highest BCUT2D eigenvalue weighted by Gasteiger charge is 2.30. The monoisotopic (exact) mass is 396 g/mol. The van der Waals surface area contributed by atoms with E-state index in [1.807, 2.05) is 24.3 Å². The van der Waals surface area contributed by atoms with Crippen LogP contribution in [-0.2, 0) is 11.3 Å². The molecule has 4 rings (SSSR count). The third kappa shape index (κ3) is 4.45. The number of para-hydroxylation sites is 2. The van der Waals surface area contributed by atoms with Crippen LogP contribution in [0.1, 0.15) is 45.0 Å². The SMILES string of the molecule is CCC(C)C(C(=O)NC1CCN(Cc2nc3ccccc3[nH]2)CC1)n1cnnn1. The number of fused-ring (bicyclic) bond motifs is 1. The number of tetrazole rings is 1. The van der Waals surface area contributed by atoms with Crippen LogP contribution in [0.15, 0.2) is 30.6 Å². The number of likely N-dealkylation sites (tertiary alicyclic amines) is 1. The Kier molecular flexibility index (Phi) is 5.84. The molecule has 9 nitrogen and oxygen atoms in total. The fourth-order valence-electron chi connectivity index (χ4n) is 3.97. The zero-order chi connectivity index (χ0) is 20.2. The summed E-state index contributed by atoms with van der Waals surface area (Å²) in [4.78, 5) is 23.4. The number of hydrogen-bond acceptors (Lipinski definition) is 6. The second kappa shape index (κ2) is 8.69. The van der Waals surface area contributed by atoms with E-state index in [-0.39, 0.29) is 23.9 Å². The molecule has 0 radical (unpaired) electrons. The number of rotatable bonds is 7. The van der Waals surface area contributed by atoms with Gasteiger partial charge in [0.15, 0.2) is 0 Å². The van der Waals surface area contributed by atoms with Crippen LogP contribution in [0.4, 0.5) is 0 Å². The first-order chi connectivity index (χ1) is 14.1. The molecule has 2 N–H and O–H groups in total. The molecule has 2 unspecified atom stereocenters.